The third kappa shape index (κ3) is 3.15. The predicted octanol–water partition coefficient (Wildman–Crippen LogP) is 1.75. The molecule has 1 atom stereocenters. The number of carbonyl (C=O) groups is 1. The highest BCUT2D eigenvalue weighted by Crippen LogP contribution is 2.18. The van der Waals surface area contributed by atoms with Gasteiger partial charge in [-0.3, -0.25) is 4.79 Å². The van der Waals surface area contributed by atoms with Crippen LogP contribution in [0, 0.1) is 20.8 Å². The first kappa shape index (κ1) is 16.9. The normalized spacial score (nSPS) is 19.2. The summed E-state index contributed by atoms with van der Waals surface area (Å²) >= 11 is 0. The van der Waals surface area contributed by atoms with Crippen molar-refractivity contribution in [1.29, 1.82) is 0 Å². The van der Waals surface area contributed by atoms with Gasteiger partial charge in [-0.05, 0) is 46.7 Å². The summed E-state index contributed by atoms with van der Waals surface area (Å²) in [6.07, 6.45) is 1.25. The Hall–Kier alpha value is -1.95. The molecule has 6 heteroatoms. The Morgan fingerprint density at radius 3 is 2.75 bits per heavy atom. The summed E-state index contributed by atoms with van der Waals surface area (Å²) in [4.78, 5) is 21.6. The Bertz CT molecular complexity index is 766. The van der Waals surface area contributed by atoms with Crippen LogP contribution in [0.1, 0.15) is 36.0 Å². The SMILES string of the molecule is Cc1cc2nc(C)c(CCC(=O)N3CCN(C)C[C@@H]3C)c(C)n2n1. The standard InChI is InChI=1S/C18H27N5O/c1-12-10-17-19-14(3)16(15(4)23(17)20-12)6-7-18(24)22-9-8-21(5)11-13(22)2/h10,13H,6-9,11H2,1-5H3/t13-/m0/s1. The van der Waals surface area contributed by atoms with Crippen molar-refractivity contribution in [3.05, 3.63) is 28.7 Å². The van der Waals surface area contributed by atoms with Gasteiger partial charge in [0, 0.05) is 49.6 Å². The Morgan fingerprint density at radius 2 is 2.04 bits per heavy atom. The number of hydrogen-bond acceptors (Lipinski definition) is 4. The minimum atomic E-state index is 0.242. The van der Waals surface area contributed by atoms with Gasteiger partial charge in [0.05, 0.1) is 5.69 Å². The van der Waals surface area contributed by atoms with Gasteiger partial charge in [-0.1, -0.05) is 0 Å². The lowest BCUT2D eigenvalue weighted by Gasteiger charge is -2.38. The lowest BCUT2D eigenvalue weighted by molar-refractivity contribution is -0.135. The average Bonchev–Trinajstić information content (AvgIpc) is 2.87. The first-order chi connectivity index (χ1) is 11.4. The zero-order valence-electron chi connectivity index (χ0n) is 15.3. The zero-order chi connectivity index (χ0) is 17.4. The summed E-state index contributed by atoms with van der Waals surface area (Å²) < 4.78 is 1.89. The van der Waals surface area contributed by atoms with E-state index >= 15 is 0 Å². The van der Waals surface area contributed by atoms with E-state index in [1.165, 1.54) is 0 Å². The number of aromatic nitrogens is 3. The van der Waals surface area contributed by atoms with Gasteiger partial charge in [0.15, 0.2) is 5.65 Å². The van der Waals surface area contributed by atoms with Crippen LogP contribution in [0.2, 0.25) is 0 Å². The van der Waals surface area contributed by atoms with Crippen LogP contribution < -0.4 is 0 Å². The lowest BCUT2D eigenvalue weighted by atomic mass is 10.0. The number of likely N-dealkylation sites (N-methyl/N-ethyl adjacent to an activating group) is 1. The van der Waals surface area contributed by atoms with Gasteiger partial charge in [-0.2, -0.15) is 5.10 Å². The van der Waals surface area contributed by atoms with Crippen molar-refractivity contribution in [3.63, 3.8) is 0 Å². The molecular weight excluding hydrogens is 302 g/mol. The van der Waals surface area contributed by atoms with Crippen molar-refractivity contribution < 1.29 is 4.79 Å². The molecule has 6 nitrogen and oxygen atoms in total. The maximum absolute atomic E-state index is 12.6. The van der Waals surface area contributed by atoms with E-state index in [-0.39, 0.29) is 11.9 Å². The summed E-state index contributed by atoms with van der Waals surface area (Å²) in [5, 5.41) is 4.51. The van der Waals surface area contributed by atoms with Crippen LogP contribution in [0.3, 0.4) is 0 Å². The molecule has 2 aromatic heterocycles. The predicted molar refractivity (Wildman–Crippen MR) is 94.2 cm³/mol. The van der Waals surface area contributed by atoms with Gasteiger partial charge < -0.3 is 9.80 Å². The highest BCUT2D eigenvalue weighted by atomic mass is 16.2. The molecule has 1 saturated heterocycles. The molecule has 1 aliphatic heterocycles. The van der Waals surface area contributed by atoms with Crippen molar-refractivity contribution in [2.24, 2.45) is 0 Å². The Morgan fingerprint density at radius 1 is 1.29 bits per heavy atom. The van der Waals surface area contributed by atoms with E-state index in [4.69, 9.17) is 0 Å². The van der Waals surface area contributed by atoms with E-state index in [0.29, 0.717) is 6.42 Å². The second-order valence-corrected chi connectivity index (χ2v) is 7.02. The monoisotopic (exact) mass is 329 g/mol. The molecule has 2 aromatic rings. The van der Waals surface area contributed by atoms with Crippen LogP contribution in [0.15, 0.2) is 6.07 Å². The smallest absolute Gasteiger partial charge is 0.223 e. The Kier molecular flexibility index (Phi) is 4.58. The Labute approximate surface area is 143 Å². The summed E-state index contributed by atoms with van der Waals surface area (Å²) in [6.45, 7) is 10.9. The van der Waals surface area contributed by atoms with Crippen LogP contribution in [-0.4, -0.2) is 63.0 Å². The van der Waals surface area contributed by atoms with Crippen molar-refractivity contribution in [2.45, 2.75) is 46.6 Å². The highest BCUT2D eigenvalue weighted by molar-refractivity contribution is 5.77. The second kappa shape index (κ2) is 6.51. The molecule has 3 rings (SSSR count). The first-order valence-corrected chi connectivity index (χ1v) is 8.67. The summed E-state index contributed by atoms with van der Waals surface area (Å²) in [5.74, 6) is 0.242. The van der Waals surface area contributed by atoms with Gasteiger partial charge in [0.25, 0.3) is 0 Å². The molecule has 24 heavy (non-hydrogen) atoms. The van der Waals surface area contributed by atoms with Crippen molar-refractivity contribution in [1.82, 2.24) is 24.4 Å². The molecule has 1 amide bonds. The zero-order valence-corrected chi connectivity index (χ0v) is 15.3. The summed E-state index contributed by atoms with van der Waals surface area (Å²) in [6, 6.07) is 2.27. The van der Waals surface area contributed by atoms with Gasteiger partial charge in [0.2, 0.25) is 5.91 Å². The number of aryl methyl sites for hydroxylation is 3. The van der Waals surface area contributed by atoms with E-state index in [9.17, 15) is 4.79 Å². The van der Waals surface area contributed by atoms with Gasteiger partial charge >= 0.3 is 0 Å². The van der Waals surface area contributed by atoms with E-state index in [0.717, 1.165) is 54.3 Å². The van der Waals surface area contributed by atoms with E-state index in [1.54, 1.807) is 0 Å². The topological polar surface area (TPSA) is 53.7 Å². The number of carbonyl (C=O) groups excluding carboxylic acids is 1. The summed E-state index contributed by atoms with van der Waals surface area (Å²) in [5.41, 5.74) is 5.07. The van der Waals surface area contributed by atoms with Gasteiger partial charge in [0.1, 0.15) is 0 Å². The van der Waals surface area contributed by atoms with Crippen LogP contribution in [-0.2, 0) is 11.2 Å². The van der Waals surface area contributed by atoms with Crippen molar-refractivity contribution in [3.8, 4) is 0 Å². The average molecular weight is 329 g/mol. The van der Waals surface area contributed by atoms with Crippen molar-refractivity contribution >= 4 is 11.6 Å². The largest absolute Gasteiger partial charge is 0.337 e. The number of fused-ring (bicyclic) bond motifs is 1. The highest BCUT2D eigenvalue weighted by Gasteiger charge is 2.25. The molecule has 0 unspecified atom stereocenters. The Balaban J connectivity index is 1.74. The fourth-order valence-corrected chi connectivity index (χ4v) is 3.69. The van der Waals surface area contributed by atoms with E-state index < -0.39 is 0 Å². The molecule has 3 heterocycles. The van der Waals surface area contributed by atoms with E-state index in [1.807, 2.05) is 29.3 Å². The third-order valence-corrected chi connectivity index (χ3v) is 5.03. The lowest BCUT2D eigenvalue weighted by Crippen LogP contribution is -2.52. The van der Waals surface area contributed by atoms with E-state index in [2.05, 4.69) is 35.9 Å². The molecule has 0 aromatic carbocycles. The molecule has 0 saturated carbocycles. The number of nitrogens with zero attached hydrogens (tertiary/aromatic N) is 5. The molecule has 1 aliphatic rings. The van der Waals surface area contributed by atoms with Crippen molar-refractivity contribution in [2.75, 3.05) is 26.7 Å². The molecule has 0 aliphatic carbocycles. The molecule has 0 spiro atoms. The van der Waals surface area contributed by atoms with Gasteiger partial charge in [-0.25, -0.2) is 9.50 Å². The number of piperazine rings is 1. The molecular formula is C18H27N5O. The van der Waals surface area contributed by atoms with Crippen LogP contribution in [0.25, 0.3) is 5.65 Å². The fourth-order valence-electron chi connectivity index (χ4n) is 3.69. The maximum Gasteiger partial charge on any atom is 0.223 e. The van der Waals surface area contributed by atoms with Crippen LogP contribution >= 0.6 is 0 Å². The van der Waals surface area contributed by atoms with Crippen LogP contribution in [0.5, 0.6) is 0 Å². The fraction of sp³-hybridized carbons (Fsp3) is 0.611. The molecule has 0 radical (unpaired) electrons. The second-order valence-electron chi connectivity index (χ2n) is 7.02. The molecule has 1 fully saturated rings. The quantitative estimate of drug-likeness (QED) is 0.861. The molecule has 0 bridgehead atoms. The first-order valence-electron chi connectivity index (χ1n) is 8.67. The summed E-state index contributed by atoms with van der Waals surface area (Å²) in [7, 11) is 2.11. The number of amides is 1. The molecule has 130 valence electrons. The number of rotatable bonds is 3. The molecule has 0 N–H and O–H groups in total. The minimum absolute atomic E-state index is 0.242. The van der Waals surface area contributed by atoms with Crippen LogP contribution in [0.4, 0.5) is 0 Å². The third-order valence-electron chi connectivity index (χ3n) is 5.03. The van der Waals surface area contributed by atoms with Gasteiger partial charge in [-0.15, -0.1) is 0 Å². The maximum atomic E-state index is 12.6. The number of hydrogen-bond donors (Lipinski definition) is 0. The minimum Gasteiger partial charge on any atom is -0.337 e.